The molecule has 0 aliphatic carbocycles. The van der Waals surface area contributed by atoms with Gasteiger partial charge < -0.3 is 74.9 Å². The molecular formula is C66H119N11O16. The third-order valence-corrected chi connectivity index (χ3v) is 17.1. The summed E-state index contributed by atoms with van der Waals surface area (Å²) in [4.78, 5) is 182. The number of hydrogen-bond acceptors (Lipinski definition) is 16. The van der Waals surface area contributed by atoms with Gasteiger partial charge in [-0.2, -0.15) is 0 Å². The fraction of sp³-hybridized carbons (Fsp3) is 0.818. The molecule has 12 atom stereocenters. The first kappa shape index (κ1) is 84.5. The Hall–Kier alpha value is -6.48. The predicted octanol–water partition coefficient (Wildman–Crippen LogP) is 2.64. The molecule has 1 aliphatic rings. The Bertz CT molecular complexity index is 2500. The molecule has 93 heavy (non-hydrogen) atoms. The highest BCUT2D eigenvalue weighted by atomic mass is 16.7. The molecular weight excluding hydrogens is 1200 g/mol. The summed E-state index contributed by atoms with van der Waals surface area (Å²) in [6, 6.07) is -12.8. The number of carbonyl (C=O) groups is 12. The highest BCUT2D eigenvalue weighted by Crippen LogP contribution is 2.26. The quantitative estimate of drug-likeness (QED) is 0.0591. The van der Waals surface area contributed by atoms with Crippen LogP contribution in [0, 0.1) is 41.4 Å². The Labute approximate surface area is 554 Å². The minimum absolute atomic E-state index is 0.0340. The number of amides is 11. The van der Waals surface area contributed by atoms with E-state index in [0.717, 1.165) is 9.80 Å². The van der Waals surface area contributed by atoms with Crippen LogP contribution in [0.3, 0.4) is 0 Å². The van der Waals surface area contributed by atoms with Crippen molar-refractivity contribution in [3.63, 3.8) is 0 Å². The highest BCUT2D eigenvalue weighted by Gasteiger charge is 2.46. The molecule has 1 fully saturated rings. The van der Waals surface area contributed by atoms with Gasteiger partial charge in [-0.15, -0.1) is 0 Å². The molecule has 0 bridgehead atoms. The molecule has 27 nitrogen and oxygen atoms in total. The van der Waals surface area contributed by atoms with Crippen LogP contribution in [0.25, 0.3) is 0 Å². The Balaban J connectivity index is 4.31. The molecule has 0 saturated carbocycles. The van der Waals surface area contributed by atoms with E-state index in [-0.39, 0.29) is 88.4 Å². The first-order valence-corrected chi connectivity index (χ1v) is 33.1. The molecule has 11 amide bonds. The van der Waals surface area contributed by atoms with E-state index in [9.17, 15) is 43.5 Å². The van der Waals surface area contributed by atoms with Crippen molar-refractivity contribution in [2.45, 2.75) is 229 Å². The van der Waals surface area contributed by atoms with Crippen molar-refractivity contribution in [1.82, 2.24) is 55.6 Å². The van der Waals surface area contributed by atoms with Crippen LogP contribution in [0.2, 0.25) is 0 Å². The van der Waals surface area contributed by atoms with Gasteiger partial charge >= 0.3 is 5.97 Å². The van der Waals surface area contributed by atoms with Crippen LogP contribution < -0.4 is 21.3 Å². The number of aliphatic hydroxyl groups excluding tert-OH is 1. The van der Waals surface area contributed by atoms with Crippen LogP contribution in [0.5, 0.6) is 0 Å². The summed E-state index contributed by atoms with van der Waals surface area (Å²) in [5, 5.41) is 23.3. The summed E-state index contributed by atoms with van der Waals surface area (Å²) >= 11 is 0. The van der Waals surface area contributed by atoms with E-state index < -0.39 is 162 Å². The van der Waals surface area contributed by atoms with Crippen LogP contribution in [-0.2, 0) is 71.7 Å². The number of ether oxygens (including phenoxy) is 3. The second-order valence-electron chi connectivity index (χ2n) is 27.7. The van der Waals surface area contributed by atoms with Gasteiger partial charge in [0, 0.05) is 62.9 Å². The smallest absolute Gasteiger partial charge is 0.307 e. The van der Waals surface area contributed by atoms with Gasteiger partial charge in [0.25, 0.3) is 0 Å². The Morgan fingerprint density at radius 3 is 1.44 bits per heavy atom. The van der Waals surface area contributed by atoms with Gasteiger partial charge in [-0.25, -0.2) is 0 Å². The average Bonchev–Trinajstić information content (AvgIpc) is 0.817. The van der Waals surface area contributed by atoms with Gasteiger partial charge in [0.05, 0.1) is 25.9 Å². The largest absolute Gasteiger partial charge is 0.438 e. The average molecular weight is 1320 g/mol. The molecule has 0 aromatic carbocycles. The summed E-state index contributed by atoms with van der Waals surface area (Å²) in [6.45, 7) is 27.3. The molecule has 0 aromatic rings. The molecule has 1 rings (SSSR count). The fourth-order valence-electron chi connectivity index (χ4n) is 11.3. The van der Waals surface area contributed by atoms with Crippen molar-refractivity contribution >= 4 is 70.9 Å². The van der Waals surface area contributed by atoms with Gasteiger partial charge in [-0.3, -0.25) is 57.5 Å². The Kier molecular flexibility index (Phi) is 36.4. The minimum Gasteiger partial charge on any atom is -0.438 e. The van der Waals surface area contributed by atoms with Crippen LogP contribution in [0.4, 0.5) is 0 Å². The number of likely N-dealkylation sites (N-methyl/N-ethyl adjacent to an activating group) is 7. The van der Waals surface area contributed by atoms with Gasteiger partial charge in [0.2, 0.25) is 65.0 Å². The van der Waals surface area contributed by atoms with Gasteiger partial charge in [0.1, 0.15) is 60.4 Å². The molecule has 1 heterocycles. The molecule has 534 valence electrons. The lowest BCUT2D eigenvalue weighted by Crippen LogP contribution is -2.63. The maximum Gasteiger partial charge on any atom is 0.307 e. The number of carbonyl (C=O) groups excluding carboxylic acids is 12. The van der Waals surface area contributed by atoms with Crippen molar-refractivity contribution in [1.29, 1.82) is 0 Å². The summed E-state index contributed by atoms with van der Waals surface area (Å²) in [5.41, 5.74) is 0. The van der Waals surface area contributed by atoms with E-state index in [1.807, 2.05) is 55.4 Å². The van der Waals surface area contributed by atoms with E-state index in [4.69, 9.17) is 14.2 Å². The van der Waals surface area contributed by atoms with E-state index in [2.05, 4.69) is 21.3 Å². The predicted molar refractivity (Wildman–Crippen MR) is 352 cm³/mol. The number of esters is 1. The van der Waals surface area contributed by atoms with Crippen molar-refractivity contribution < 1.29 is 76.9 Å². The Morgan fingerprint density at radius 2 is 0.957 bits per heavy atom. The zero-order valence-corrected chi connectivity index (χ0v) is 60.6. The van der Waals surface area contributed by atoms with Crippen LogP contribution >= 0.6 is 0 Å². The molecule has 1 saturated heterocycles. The van der Waals surface area contributed by atoms with E-state index in [0.29, 0.717) is 6.61 Å². The van der Waals surface area contributed by atoms with Crippen molar-refractivity contribution in [3.8, 4) is 0 Å². The summed E-state index contributed by atoms with van der Waals surface area (Å²) in [5.74, 6) is -11.1. The first-order valence-electron chi connectivity index (χ1n) is 33.1. The minimum atomic E-state index is -1.73. The normalized spacial score (nSPS) is 25.5. The molecule has 27 heteroatoms. The maximum absolute atomic E-state index is 15.3. The highest BCUT2D eigenvalue weighted by molar-refractivity contribution is 5.99. The Morgan fingerprint density at radius 1 is 0.505 bits per heavy atom. The van der Waals surface area contributed by atoms with Crippen LogP contribution in [0.15, 0.2) is 0 Å². The number of nitrogens with zero attached hydrogens (tertiary/aromatic N) is 7. The lowest BCUT2D eigenvalue weighted by molar-refractivity contribution is -0.158. The molecule has 0 aromatic heterocycles. The fourth-order valence-corrected chi connectivity index (χ4v) is 11.3. The van der Waals surface area contributed by atoms with Gasteiger partial charge in [-0.05, 0) is 100 Å². The molecule has 1 aliphatic heterocycles. The van der Waals surface area contributed by atoms with Gasteiger partial charge in [0.15, 0.2) is 6.79 Å². The number of nitrogens with one attached hydrogen (secondary N) is 4. The second-order valence-corrected chi connectivity index (χ2v) is 27.7. The second kappa shape index (κ2) is 40.0. The molecule has 5 N–H and O–H groups in total. The van der Waals surface area contributed by atoms with Gasteiger partial charge in [-0.1, -0.05) is 96.9 Å². The standard InChI is InChI=1S/C66H119N11O16/c1-25-46-62(86)71(17)35-51(78)72(18)47(31-37(2)3)59(83)70-53(41(10)11)65(89)73(19)48(32-38(4)5)58(82)67-44(15)57(81)68-45(16)61(85)74(20)49(33-39(6)7)63(87)75(21)50(34-40(8)9)64(88)76(22)54(42(12)13)66(90)77(23)55(60(84)69-46)56(80)43(14)27-26-28-52(79)93-36-92-30-29-91-24/h37-50,53-56,80H,25-36H2,1-24H3,(H,67,82)(H,68,81)(H,69,84)(H,70,83)/t43-,44+,45-,46+,47+,48+,49+,50+,53+,54+,55+,56-/m1/s1. The topological polar surface area (TPSA) is 324 Å². The number of aliphatic hydroxyl groups is 1. The molecule has 0 radical (unpaired) electrons. The zero-order chi connectivity index (χ0) is 71.8. The maximum atomic E-state index is 15.3. The van der Waals surface area contributed by atoms with Crippen molar-refractivity contribution in [2.24, 2.45) is 41.4 Å². The van der Waals surface area contributed by atoms with Crippen molar-refractivity contribution in [2.75, 3.05) is 83.0 Å². The van der Waals surface area contributed by atoms with E-state index >= 15 is 19.2 Å². The van der Waals surface area contributed by atoms with E-state index in [1.54, 1.807) is 41.5 Å². The van der Waals surface area contributed by atoms with Crippen LogP contribution in [0.1, 0.15) is 162 Å². The monoisotopic (exact) mass is 1320 g/mol. The summed E-state index contributed by atoms with van der Waals surface area (Å²) in [7, 11) is 11.2. The van der Waals surface area contributed by atoms with E-state index in [1.165, 1.54) is 94.8 Å². The lowest BCUT2D eigenvalue weighted by atomic mass is 9.90. The third-order valence-electron chi connectivity index (χ3n) is 17.1. The first-order chi connectivity index (χ1) is 43.1. The lowest BCUT2D eigenvalue weighted by Gasteiger charge is -2.41. The summed E-state index contributed by atoms with van der Waals surface area (Å²) in [6.07, 6.45) is -0.929. The number of rotatable bonds is 22. The summed E-state index contributed by atoms with van der Waals surface area (Å²) < 4.78 is 15.3. The SMILES string of the molecule is CC[C@@H]1NC(=O)[C@H]([C@H](O)[C@H](C)CCCC(=O)OCOCCOC)N(C)C(=O)[C@H](C(C)C)N(C)C(=O)[C@H](CC(C)C)N(C)C(=O)[C@H](CC(C)C)N(C)C(=O)[C@@H](C)NC(=O)[C@H](C)NC(=O)[C@H](CC(C)C)N(C)C(=O)[C@H](C(C)C)NC(=O)[C@H](CC(C)C)N(C)C(=O)CN(C)C1=O. The number of methoxy groups -OCH3 is 1. The third kappa shape index (κ3) is 25.6. The van der Waals surface area contributed by atoms with Crippen LogP contribution in [-0.4, -0.2) is 260 Å². The molecule has 0 spiro atoms. The molecule has 0 unspecified atom stereocenters. The van der Waals surface area contributed by atoms with Crippen molar-refractivity contribution in [3.05, 3.63) is 0 Å². The number of hydrogen-bond donors (Lipinski definition) is 5. The zero-order valence-electron chi connectivity index (χ0n) is 60.6.